The molecule has 2 aliphatic carbocycles. The van der Waals surface area contributed by atoms with Crippen molar-refractivity contribution >= 4 is 23.2 Å². The van der Waals surface area contributed by atoms with Crippen molar-refractivity contribution in [2.45, 2.75) is 25.4 Å². The largest absolute Gasteiger partial charge is 0.423 e. The van der Waals surface area contributed by atoms with Gasteiger partial charge in [0.15, 0.2) is 0 Å². The second kappa shape index (κ2) is 5.03. The summed E-state index contributed by atoms with van der Waals surface area (Å²) in [5.41, 5.74) is -2.81. The lowest BCUT2D eigenvalue weighted by molar-refractivity contribution is -0.388. The SMILES string of the molecule is O=C1[C@@H]2[C@@H]3CC[C@@H](C3)[C@@H]2C(=O)N1c1ccc([N+](=O)[O-])c(C(F)(F)F)c1. The first-order chi connectivity index (χ1) is 11.7. The number of anilines is 1. The average Bonchev–Trinajstić information content (AvgIpc) is 3.20. The molecule has 3 aliphatic rings. The number of nitro benzene ring substituents is 1. The topological polar surface area (TPSA) is 80.5 Å². The van der Waals surface area contributed by atoms with E-state index in [1.165, 1.54) is 0 Å². The van der Waals surface area contributed by atoms with E-state index in [2.05, 4.69) is 0 Å². The first-order valence-electron chi connectivity index (χ1n) is 7.93. The second-order valence-electron chi connectivity index (χ2n) is 6.85. The number of alkyl halides is 3. The van der Waals surface area contributed by atoms with Gasteiger partial charge in [-0.15, -0.1) is 0 Å². The summed E-state index contributed by atoms with van der Waals surface area (Å²) in [6.45, 7) is 0. The quantitative estimate of drug-likeness (QED) is 0.464. The highest BCUT2D eigenvalue weighted by Gasteiger charge is 2.61. The fourth-order valence-corrected chi connectivity index (χ4v) is 4.71. The van der Waals surface area contributed by atoms with Crippen molar-refractivity contribution in [2.24, 2.45) is 23.7 Å². The van der Waals surface area contributed by atoms with Crippen LogP contribution in [0.15, 0.2) is 18.2 Å². The van der Waals surface area contributed by atoms with E-state index in [1.807, 2.05) is 0 Å². The fourth-order valence-electron chi connectivity index (χ4n) is 4.71. The summed E-state index contributed by atoms with van der Waals surface area (Å²) in [4.78, 5) is 35.8. The van der Waals surface area contributed by atoms with Crippen LogP contribution in [0.4, 0.5) is 24.5 Å². The van der Waals surface area contributed by atoms with E-state index < -0.39 is 46.0 Å². The highest BCUT2D eigenvalue weighted by Crippen LogP contribution is 2.56. The Hall–Kier alpha value is -2.45. The number of carbonyl (C=O) groups is 2. The van der Waals surface area contributed by atoms with Crippen LogP contribution in [-0.2, 0) is 15.8 Å². The molecule has 4 rings (SSSR count). The monoisotopic (exact) mass is 354 g/mol. The normalized spacial score (nSPS) is 30.9. The lowest BCUT2D eigenvalue weighted by atomic mass is 9.81. The molecule has 2 bridgehead atoms. The number of nitrogens with zero attached hydrogens (tertiary/aromatic N) is 2. The van der Waals surface area contributed by atoms with Crippen LogP contribution in [0.3, 0.4) is 0 Å². The van der Waals surface area contributed by atoms with E-state index in [-0.39, 0.29) is 17.5 Å². The van der Waals surface area contributed by atoms with Gasteiger partial charge in [-0.2, -0.15) is 13.2 Å². The molecule has 2 amide bonds. The smallest absolute Gasteiger partial charge is 0.274 e. The highest BCUT2D eigenvalue weighted by molar-refractivity contribution is 6.22. The van der Waals surface area contributed by atoms with Gasteiger partial charge in [-0.1, -0.05) is 0 Å². The van der Waals surface area contributed by atoms with Crippen molar-refractivity contribution in [3.05, 3.63) is 33.9 Å². The molecule has 3 fully saturated rings. The Morgan fingerprint density at radius 2 is 1.64 bits per heavy atom. The first-order valence-corrected chi connectivity index (χ1v) is 7.93. The van der Waals surface area contributed by atoms with E-state index in [1.54, 1.807) is 0 Å². The molecule has 25 heavy (non-hydrogen) atoms. The van der Waals surface area contributed by atoms with Gasteiger partial charge in [0, 0.05) is 6.07 Å². The zero-order valence-corrected chi connectivity index (χ0v) is 12.8. The van der Waals surface area contributed by atoms with Crippen molar-refractivity contribution < 1.29 is 27.7 Å². The Morgan fingerprint density at radius 3 is 2.12 bits per heavy atom. The lowest BCUT2D eigenvalue weighted by Crippen LogP contribution is -2.33. The van der Waals surface area contributed by atoms with Crippen LogP contribution in [0, 0.1) is 33.8 Å². The van der Waals surface area contributed by atoms with Crippen molar-refractivity contribution in [3.8, 4) is 0 Å². The van der Waals surface area contributed by atoms with Crippen LogP contribution in [0.5, 0.6) is 0 Å². The number of hydrogen-bond acceptors (Lipinski definition) is 4. The van der Waals surface area contributed by atoms with Crippen molar-refractivity contribution in [2.75, 3.05) is 4.90 Å². The number of nitro groups is 1. The minimum absolute atomic E-state index is 0.108. The number of halogens is 3. The minimum atomic E-state index is -4.96. The fraction of sp³-hybridized carbons (Fsp3) is 0.500. The van der Waals surface area contributed by atoms with Crippen LogP contribution in [-0.4, -0.2) is 16.7 Å². The minimum Gasteiger partial charge on any atom is -0.274 e. The van der Waals surface area contributed by atoms with Crippen molar-refractivity contribution in [1.82, 2.24) is 0 Å². The number of carbonyl (C=O) groups excluding carboxylic acids is 2. The van der Waals surface area contributed by atoms with Gasteiger partial charge in [0.2, 0.25) is 11.8 Å². The summed E-state index contributed by atoms with van der Waals surface area (Å²) >= 11 is 0. The maximum atomic E-state index is 13.1. The van der Waals surface area contributed by atoms with Crippen LogP contribution in [0.2, 0.25) is 0 Å². The molecule has 4 atom stereocenters. The summed E-state index contributed by atoms with van der Waals surface area (Å²) in [5, 5.41) is 10.8. The third-order valence-electron chi connectivity index (χ3n) is 5.67. The van der Waals surface area contributed by atoms with Gasteiger partial charge in [0.05, 0.1) is 22.4 Å². The molecular weight excluding hydrogens is 341 g/mol. The van der Waals surface area contributed by atoms with Gasteiger partial charge in [-0.05, 0) is 43.2 Å². The Balaban J connectivity index is 1.77. The van der Waals surface area contributed by atoms with Gasteiger partial charge in [-0.3, -0.25) is 24.6 Å². The van der Waals surface area contributed by atoms with E-state index in [0.29, 0.717) is 12.1 Å². The maximum absolute atomic E-state index is 13.1. The standard InChI is InChI=1S/C16H13F3N2O4/c17-16(18,19)10-6-9(3-4-11(10)21(24)25)20-14(22)12-7-1-2-8(5-7)13(12)15(20)23/h3-4,6-8,12-13H,1-2,5H2/t7-,8+,12-,13+. The van der Waals surface area contributed by atoms with Gasteiger partial charge < -0.3 is 0 Å². The molecular formula is C16H13F3N2O4. The van der Waals surface area contributed by atoms with Gasteiger partial charge in [0.1, 0.15) is 5.56 Å². The maximum Gasteiger partial charge on any atom is 0.423 e. The number of benzene rings is 1. The van der Waals surface area contributed by atoms with Crippen LogP contribution >= 0.6 is 0 Å². The molecule has 132 valence electrons. The molecule has 0 aromatic heterocycles. The number of amides is 2. The van der Waals surface area contributed by atoms with Gasteiger partial charge in [0.25, 0.3) is 5.69 Å². The highest BCUT2D eigenvalue weighted by atomic mass is 19.4. The van der Waals surface area contributed by atoms with Crippen LogP contribution in [0.25, 0.3) is 0 Å². The average molecular weight is 354 g/mol. The van der Waals surface area contributed by atoms with E-state index >= 15 is 0 Å². The molecule has 1 aromatic carbocycles. The predicted molar refractivity (Wildman–Crippen MR) is 78.4 cm³/mol. The number of hydrogen-bond donors (Lipinski definition) is 0. The summed E-state index contributed by atoms with van der Waals surface area (Å²) < 4.78 is 39.4. The van der Waals surface area contributed by atoms with E-state index in [0.717, 1.165) is 30.2 Å². The third-order valence-corrected chi connectivity index (χ3v) is 5.67. The first kappa shape index (κ1) is 16.0. The Bertz CT molecular complexity index is 779. The summed E-state index contributed by atoms with van der Waals surface area (Å²) in [6.07, 6.45) is -2.44. The molecule has 0 N–H and O–H groups in total. The molecule has 0 radical (unpaired) electrons. The van der Waals surface area contributed by atoms with Gasteiger partial charge in [-0.25, -0.2) is 0 Å². The number of rotatable bonds is 2. The van der Waals surface area contributed by atoms with E-state index in [4.69, 9.17) is 0 Å². The Labute approximate surface area is 139 Å². The molecule has 0 spiro atoms. The molecule has 1 aliphatic heterocycles. The zero-order valence-electron chi connectivity index (χ0n) is 12.8. The van der Waals surface area contributed by atoms with Gasteiger partial charge >= 0.3 is 6.18 Å². The molecule has 2 saturated carbocycles. The molecule has 1 saturated heterocycles. The number of imide groups is 1. The third kappa shape index (κ3) is 2.17. The lowest BCUT2D eigenvalue weighted by Gasteiger charge is -2.19. The van der Waals surface area contributed by atoms with Crippen LogP contribution < -0.4 is 4.90 Å². The second-order valence-corrected chi connectivity index (χ2v) is 6.85. The molecule has 0 unspecified atom stereocenters. The Morgan fingerprint density at radius 1 is 1.08 bits per heavy atom. The number of fused-ring (bicyclic) bond motifs is 5. The van der Waals surface area contributed by atoms with Crippen LogP contribution in [0.1, 0.15) is 24.8 Å². The summed E-state index contributed by atoms with van der Waals surface area (Å²) in [7, 11) is 0. The van der Waals surface area contributed by atoms with E-state index in [9.17, 15) is 32.9 Å². The Kier molecular flexibility index (Phi) is 3.23. The van der Waals surface area contributed by atoms with Crippen molar-refractivity contribution in [1.29, 1.82) is 0 Å². The molecule has 9 heteroatoms. The summed E-state index contributed by atoms with van der Waals surface area (Å²) in [5.74, 6) is -1.67. The predicted octanol–water partition coefficient (Wildman–Crippen LogP) is 3.15. The zero-order chi connectivity index (χ0) is 18.1. The molecule has 1 heterocycles. The molecule has 1 aromatic rings. The summed E-state index contributed by atoms with van der Waals surface area (Å²) in [6, 6.07) is 2.25. The molecule has 6 nitrogen and oxygen atoms in total. The van der Waals surface area contributed by atoms with Crippen molar-refractivity contribution in [3.63, 3.8) is 0 Å².